The second-order valence-electron chi connectivity index (χ2n) is 3.85. The van der Waals surface area contributed by atoms with Crippen molar-refractivity contribution in [2.75, 3.05) is 0 Å². The fraction of sp³-hybridized carbons (Fsp3) is 0.200. The van der Waals surface area contributed by atoms with Crippen LogP contribution >= 0.6 is 11.3 Å². The molecule has 10 nitrogen and oxygen atoms in total. The van der Waals surface area contributed by atoms with Crippen LogP contribution in [0.5, 0.6) is 0 Å². The van der Waals surface area contributed by atoms with Crippen LogP contribution in [0.1, 0.15) is 16.1 Å². The summed E-state index contributed by atoms with van der Waals surface area (Å²) < 4.78 is 1.25. The number of amides is 1. The largest absolute Gasteiger partial charge is 0.481 e. The second-order valence-corrected chi connectivity index (χ2v) is 4.77. The third kappa shape index (κ3) is 3.39. The van der Waals surface area contributed by atoms with E-state index < -0.39 is 30.3 Å². The van der Waals surface area contributed by atoms with Gasteiger partial charge >= 0.3 is 11.9 Å². The van der Waals surface area contributed by atoms with Gasteiger partial charge in [-0.25, -0.2) is 4.79 Å². The minimum atomic E-state index is -1.51. The molecule has 1 unspecified atom stereocenters. The molecule has 1 amide bonds. The van der Waals surface area contributed by atoms with Gasteiger partial charge in [0.15, 0.2) is 0 Å². The Morgan fingerprint density at radius 2 is 2.14 bits per heavy atom. The molecule has 0 fully saturated rings. The van der Waals surface area contributed by atoms with Gasteiger partial charge in [-0.3, -0.25) is 9.59 Å². The maximum Gasteiger partial charge on any atom is 0.326 e. The number of tetrazole rings is 1. The Morgan fingerprint density at radius 3 is 2.71 bits per heavy atom. The van der Waals surface area contributed by atoms with Crippen molar-refractivity contribution in [1.82, 2.24) is 25.5 Å². The topological polar surface area (TPSA) is 147 Å². The zero-order valence-electron chi connectivity index (χ0n) is 10.3. The minimum absolute atomic E-state index is 0.180. The summed E-state index contributed by atoms with van der Waals surface area (Å²) in [5, 5.41) is 31.8. The minimum Gasteiger partial charge on any atom is -0.481 e. The molecule has 0 aliphatic heterocycles. The zero-order valence-corrected chi connectivity index (χ0v) is 11.1. The van der Waals surface area contributed by atoms with Gasteiger partial charge < -0.3 is 15.5 Å². The Labute approximate surface area is 121 Å². The van der Waals surface area contributed by atoms with E-state index in [1.54, 1.807) is 11.4 Å². The number of carbonyl (C=O) groups is 3. The number of carboxylic acid groups (broad SMARTS) is 2. The van der Waals surface area contributed by atoms with Crippen LogP contribution < -0.4 is 5.32 Å². The lowest BCUT2D eigenvalue weighted by molar-refractivity contribution is -0.145. The van der Waals surface area contributed by atoms with Crippen LogP contribution in [0.15, 0.2) is 17.8 Å². The van der Waals surface area contributed by atoms with Crippen molar-refractivity contribution in [3.05, 3.63) is 22.7 Å². The predicted octanol–water partition coefficient (Wildman–Crippen LogP) is -0.619. The van der Waals surface area contributed by atoms with Crippen molar-refractivity contribution in [2.24, 2.45) is 0 Å². The van der Waals surface area contributed by atoms with Gasteiger partial charge in [-0.1, -0.05) is 0 Å². The number of aliphatic carboxylic acids is 2. The molecule has 0 aromatic carbocycles. The average Bonchev–Trinajstić information content (AvgIpc) is 3.07. The molecule has 0 bridgehead atoms. The molecular weight excluding hydrogens is 302 g/mol. The van der Waals surface area contributed by atoms with Crippen LogP contribution in [0.25, 0.3) is 5.69 Å². The molecule has 2 aromatic rings. The number of carboxylic acids is 2. The van der Waals surface area contributed by atoms with E-state index in [0.717, 1.165) is 11.3 Å². The molecule has 0 spiro atoms. The highest BCUT2D eigenvalue weighted by Gasteiger charge is 2.25. The first-order valence-corrected chi connectivity index (χ1v) is 6.43. The number of hydrogen-bond donors (Lipinski definition) is 3. The first kappa shape index (κ1) is 14.6. The fourth-order valence-electron chi connectivity index (χ4n) is 1.52. The number of nitrogens with one attached hydrogen (secondary N) is 1. The molecule has 2 rings (SSSR count). The molecule has 11 heteroatoms. The van der Waals surface area contributed by atoms with E-state index in [4.69, 9.17) is 10.2 Å². The number of nitrogens with zero attached hydrogens (tertiary/aromatic N) is 4. The van der Waals surface area contributed by atoms with Gasteiger partial charge in [-0.05, 0) is 21.9 Å². The molecule has 0 saturated heterocycles. The van der Waals surface area contributed by atoms with E-state index in [-0.39, 0.29) is 4.88 Å². The molecule has 2 aromatic heterocycles. The molecule has 3 N–H and O–H groups in total. The summed E-state index contributed by atoms with van der Waals surface area (Å²) in [5.74, 6) is -3.45. The summed E-state index contributed by atoms with van der Waals surface area (Å²) in [4.78, 5) is 33.8. The van der Waals surface area contributed by atoms with Gasteiger partial charge in [0.1, 0.15) is 17.2 Å². The van der Waals surface area contributed by atoms with Gasteiger partial charge in [-0.15, -0.1) is 16.4 Å². The smallest absolute Gasteiger partial charge is 0.326 e. The maximum absolute atomic E-state index is 12.1. The summed E-state index contributed by atoms with van der Waals surface area (Å²) in [5.41, 5.74) is 0.377. The lowest BCUT2D eigenvalue weighted by Crippen LogP contribution is -2.42. The standard InChI is InChI=1S/C10H9N5O5S/c16-7(17)3-5(10(19)20)12-9(18)8-6(1-2-21-8)15-4-11-13-14-15/h1-2,4-5H,3H2,(H,12,18)(H,16,17)(H,19,20). The molecule has 1 atom stereocenters. The van der Waals surface area contributed by atoms with Gasteiger partial charge in [0.05, 0.1) is 12.1 Å². The number of aromatic nitrogens is 4. The summed E-state index contributed by atoms with van der Waals surface area (Å²) in [7, 11) is 0. The SMILES string of the molecule is O=C(O)CC(NC(=O)c1sccc1-n1cnnn1)C(=O)O. The predicted molar refractivity (Wildman–Crippen MR) is 68.2 cm³/mol. The van der Waals surface area contributed by atoms with E-state index in [9.17, 15) is 14.4 Å². The summed E-state index contributed by atoms with van der Waals surface area (Å²) in [6.45, 7) is 0. The summed E-state index contributed by atoms with van der Waals surface area (Å²) >= 11 is 1.06. The first-order chi connectivity index (χ1) is 9.99. The molecule has 110 valence electrons. The Bertz CT molecular complexity index is 667. The van der Waals surface area contributed by atoms with Gasteiger partial charge in [0, 0.05) is 0 Å². The highest BCUT2D eigenvalue weighted by atomic mass is 32.1. The monoisotopic (exact) mass is 311 g/mol. The van der Waals surface area contributed by atoms with Crippen molar-refractivity contribution < 1.29 is 24.6 Å². The van der Waals surface area contributed by atoms with Crippen molar-refractivity contribution >= 4 is 29.2 Å². The lowest BCUT2D eigenvalue weighted by atomic mass is 10.2. The van der Waals surface area contributed by atoms with E-state index in [0.29, 0.717) is 5.69 Å². The summed E-state index contributed by atoms with van der Waals surface area (Å²) in [6.07, 6.45) is 0.567. The van der Waals surface area contributed by atoms with Crippen LogP contribution in [0, 0.1) is 0 Å². The molecule has 2 heterocycles. The quantitative estimate of drug-likeness (QED) is 0.639. The van der Waals surface area contributed by atoms with E-state index in [1.807, 2.05) is 0 Å². The molecule has 0 aliphatic rings. The highest BCUT2D eigenvalue weighted by molar-refractivity contribution is 7.12. The van der Waals surface area contributed by atoms with Crippen LogP contribution in [-0.4, -0.2) is 54.3 Å². The number of hydrogen-bond acceptors (Lipinski definition) is 7. The van der Waals surface area contributed by atoms with Crippen LogP contribution in [0.2, 0.25) is 0 Å². The number of thiophene rings is 1. The van der Waals surface area contributed by atoms with Crippen molar-refractivity contribution in [1.29, 1.82) is 0 Å². The second kappa shape index (κ2) is 6.09. The lowest BCUT2D eigenvalue weighted by Gasteiger charge is -2.12. The van der Waals surface area contributed by atoms with Crippen LogP contribution in [-0.2, 0) is 9.59 Å². The van der Waals surface area contributed by atoms with Crippen molar-refractivity contribution in [2.45, 2.75) is 12.5 Å². The van der Waals surface area contributed by atoms with E-state index >= 15 is 0 Å². The Morgan fingerprint density at radius 1 is 1.38 bits per heavy atom. The summed E-state index contributed by atoms with van der Waals surface area (Å²) in [6, 6.07) is 0.0712. The number of carbonyl (C=O) groups excluding carboxylic acids is 1. The molecule has 0 radical (unpaired) electrons. The van der Waals surface area contributed by atoms with Crippen LogP contribution in [0.4, 0.5) is 0 Å². The molecular formula is C10H9N5O5S. The van der Waals surface area contributed by atoms with E-state index in [1.165, 1.54) is 11.0 Å². The first-order valence-electron chi connectivity index (χ1n) is 5.55. The Kier molecular flexibility index (Phi) is 4.23. The van der Waals surface area contributed by atoms with Gasteiger partial charge in [-0.2, -0.15) is 4.68 Å². The normalized spacial score (nSPS) is 11.8. The number of rotatable bonds is 6. The maximum atomic E-state index is 12.1. The zero-order chi connectivity index (χ0) is 15.4. The Balaban J connectivity index is 2.19. The Hall–Kier alpha value is -2.82. The third-order valence-electron chi connectivity index (χ3n) is 2.43. The van der Waals surface area contributed by atoms with Gasteiger partial charge in [0.25, 0.3) is 5.91 Å². The van der Waals surface area contributed by atoms with Crippen LogP contribution in [0.3, 0.4) is 0 Å². The molecule has 0 saturated carbocycles. The highest BCUT2D eigenvalue weighted by Crippen LogP contribution is 2.20. The van der Waals surface area contributed by atoms with Crippen molar-refractivity contribution in [3.8, 4) is 5.69 Å². The molecule has 0 aliphatic carbocycles. The van der Waals surface area contributed by atoms with Crippen molar-refractivity contribution in [3.63, 3.8) is 0 Å². The van der Waals surface area contributed by atoms with Gasteiger partial charge in [0.2, 0.25) is 0 Å². The van der Waals surface area contributed by atoms with E-state index in [2.05, 4.69) is 20.8 Å². The molecule has 21 heavy (non-hydrogen) atoms. The third-order valence-corrected chi connectivity index (χ3v) is 3.33. The average molecular weight is 311 g/mol. The fourth-order valence-corrected chi connectivity index (χ4v) is 2.30.